The number of aryl methyl sites for hydroxylation is 2. The predicted octanol–water partition coefficient (Wildman–Crippen LogP) is 4.05. The van der Waals surface area contributed by atoms with Gasteiger partial charge in [0.15, 0.2) is 0 Å². The molecule has 0 spiro atoms. The van der Waals surface area contributed by atoms with Gasteiger partial charge in [0.2, 0.25) is 11.8 Å². The number of nitrogens with zero attached hydrogens (tertiary/aromatic N) is 4. The van der Waals surface area contributed by atoms with Crippen molar-refractivity contribution in [1.82, 2.24) is 19.9 Å². The van der Waals surface area contributed by atoms with E-state index in [1.807, 2.05) is 56.3 Å². The Bertz CT molecular complexity index is 1650. The number of sulfonamides is 1. The summed E-state index contributed by atoms with van der Waals surface area (Å²) in [6.45, 7) is 4.57. The van der Waals surface area contributed by atoms with Crippen molar-refractivity contribution in [3.05, 3.63) is 94.8 Å². The highest BCUT2D eigenvalue weighted by molar-refractivity contribution is 7.92. The highest BCUT2D eigenvalue weighted by Gasteiger charge is 2.32. The molecule has 10 heteroatoms. The van der Waals surface area contributed by atoms with Gasteiger partial charge in [-0.1, -0.05) is 42.5 Å². The summed E-state index contributed by atoms with van der Waals surface area (Å²) in [6.07, 6.45) is 2.04. The molecule has 4 heterocycles. The Balaban J connectivity index is 1.57. The van der Waals surface area contributed by atoms with Crippen LogP contribution >= 0.6 is 0 Å². The number of nitrogens with one attached hydrogen (secondary N) is 1. The summed E-state index contributed by atoms with van der Waals surface area (Å²) >= 11 is 0. The van der Waals surface area contributed by atoms with Gasteiger partial charge in [-0.2, -0.15) is 4.98 Å². The third-order valence-electron chi connectivity index (χ3n) is 6.64. The fraction of sp³-hybridized carbons (Fsp3) is 0.185. The second-order valence-electron chi connectivity index (χ2n) is 9.19. The van der Waals surface area contributed by atoms with Crippen LogP contribution in [0.25, 0.3) is 11.3 Å². The van der Waals surface area contributed by atoms with Crippen molar-refractivity contribution in [3.63, 3.8) is 0 Å². The second-order valence-corrected chi connectivity index (χ2v) is 10.9. The fourth-order valence-corrected chi connectivity index (χ4v) is 5.82. The van der Waals surface area contributed by atoms with Gasteiger partial charge in [-0.15, -0.1) is 0 Å². The summed E-state index contributed by atoms with van der Waals surface area (Å²) in [5.41, 5.74) is 5.41. The molecule has 9 nitrogen and oxygen atoms in total. The van der Waals surface area contributed by atoms with Gasteiger partial charge < -0.3 is 9.64 Å². The van der Waals surface area contributed by atoms with Gasteiger partial charge in [0.1, 0.15) is 11.0 Å². The van der Waals surface area contributed by atoms with E-state index in [0.717, 1.165) is 27.8 Å². The number of carbonyl (C=O) groups is 1. The molecule has 0 saturated carbocycles. The molecule has 1 amide bonds. The van der Waals surface area contributed by atoms with Gasteiger partial charge in [0, 0.05) is 30.6 Å². The van der Waals surface area contributed by atoms with Crippen molar-refractivity contribution in [3.8, 4) is 17.1 Å². The smallest absolute Gasteiger partial charge is 0.265 e. The minimum Gasteiger partial charge on any atom is -0.467 e. The zero-order valence-electron chi connectivity index (χ0n) is 20.2. The van der Waals surface area contributed by atoms with Crippen LogP contribution in [0.1, 0.15) is 38.7 Å². The molecule has 6 rings (SSSR count). The summed E-state index contributed by atoms with van der Waals surface area (Å²) in [5, 5.41) is 0. The molecule has 186 valence electrons. The molecule has 0 unspecified atom stereocenters. The van der Waals surface area contributed by atoms with Gasteiger partial charge in [0.25, 0.3) is 15.9 Å². The van der Waals surface area contributed by atoms with Crippen LogP contribution in [0, 0.1) is 13.8 Å². The van der Waals surface area contributed by atoms with Crippen molar-refractivity contribution in [1.29, 1.82) is 0 Å². The number of hydrogen-bond donors (Lipinski definition) is 1. The molecule has 2 aliphatic rings. The molecule has 1 atom stereocenters. The predicted molar refractivity (Wildman–Crippen MR) is 137 cm³/mol. The molecule has 2 aliphatic heterocycles. The zero-order valence-corrected chi connectivity index (χ0v) is 21.0. The molecule has 2 aromatic carbocycles. The third-order valence-corrected chi connectivity index (χ3v) is 7.93. The van der Waals surface area contributed by atoms with E-state index in [1.54, 1.807) is 11.0 Å². The van der Waals surface area contributed by atoms with Crippen LogP contribution in [0.3, 0.4) is 0 Å². The Hall–Kier alpha value is -4.31. The fourth-order valence-electron chi connectivity index (χ4n) is 4.88. The lowest BCUT2D eigenvalue weighted by Crippen LogP contribution is -2.40. The molecule has 0 fully saturated rings. The summed E-state index contributed by atoms with van der Waals surface area (Å²) in [6, 6.07) is 16.7. The van der Waals surface area contributed by atoms with E-state index in [0.29, 0.717) is 12.2 Å². The van der Waals surface area contributed by atoms with Crippen LogP contribution < -0.4 is 9.46 Å². The molecular weight excluding hydrogens is 490 g/mol. The largest absolute Gasteiger partial charge is 0.467 e. The van der Waals surface area contributed by atoms with Gasteiger partial charge in [-0.05, 0) is 42.2 Å². The summed E-state index contributed by atoms with van der Waals surface area (Å²) < 4.78 is 35.4. The number of ether oxygens (including phenoxy) is 1. The number of carbonyl (C=O) groups excluding carboxylic acids is 1. The Morgan fingerprint density at radius 1 is 1.00 bits per heavy atom. The van der Waals surface area contributed by atoms with Crippen molar-refractivity contribution >= 4 is 21.9 Å². The second kappa shape index (κ2) is 8.67. The lowest BCUT2D eigenvalue weighted by molar-refractivity contribution is 0.0589. The Kier molecular flexibility index (Phi) is 5.41. The Labute approximate surface area is 214 Å². The van der Waals surface area contributed by atoms with Crippen molar-refractivity contribution < 1.29 is 17.9 Å². The van der Waals surface area contributed by atoms with Crippen LogP contribution in [-0.2, 0) is 16.6 Å². The molecule has 0 radical (unpaired) electrons. The van der Waals surface area contributed by atoms with E-state index in [2.05, 4.69) is 19.7 Å². The SMILES string of the molecule is Cc1cccc(C)c1-c1cc2nc(n1)NS(=O)(=O)c1cncc(c1)C(=O)N1Cc3ccccc3[C@H](C1)O2. The molecule has 4 aromatic rings. The highest BCUT2D eigenvalue weighted by atomic mass is 32.2. The quantitative estimate of drug-likeness (QED) is 0.408. The van der Waals surface area contributed by atoms with E-state index < -0.39 is 16.1 Å². The zero-order chi connectivity index (χ0) is 25.7. The number of fused-ring (bicyclic) bond motifs is 8. The minimum atomic E-state index is -4.14. The number of pyridine rings is 1. The Morgan fingerprint density at radius 3 is 2.59 bits per heavy atom. The van der Waals surface area contributed by atoms with Gasteiger partial charge in [-0.3, -0.25) is 9.78 Å². The molecule has 0 aliphatic carbocycles. The van der Waals surface area contributed by atoms with E-state index in [4.69, 9.17) is 4.74 Å². The minimum absolute atomic E-state index is 0.132. The van der Waals surface area contributed by atoms with E-state index in [1.165, 1.54) is 18.5 Å². The van der Waals surface area contributed by atoms with Crippen LogP contribution in [-0.4, -0.2) is 40.7 Å². The average molecular weight is 514 g/mol. The summed E-state index contributed by atoms with van der Waals surface area (Å²) in [5.74, 6) is -0.267. The molecule has 1 N–H and O–H groups in total. The summed E-state index contributed by atoms with van der Waals surface area (Å²) in [7, 11) is -4.14. The highest BCUT2D eigenvalue weighted by Crippen LogP contribution is 2.34. The first-order valence-corrected chi connectivity index (χ1v) is 13.2. The van der Waals surface area contributed by atoms with Crippen molar-refractivity contribution in [2.75, 3.05) is 11.3 Å². The maximum absolute atomic E-state index is 13.4. The topological polar surface area (TPSA) is 114 Å². The third kappa shape index (κ3) is 4.19. The Morgan fingerprint density at radius 2 is 1.78 bits per heavy atom. The lowest BCUT2D eigenvalue weighted by Gasteiger charge is -2.34. The van der Waals surface area contributed by atoms with Crippen LogP contribution in [0.2, 0.25) is 0 Å². The normalized spacial score (nSPS) is 17.8. The number of amides is 1. The van der Waals surface area contributed by atoms with Gasteiger partial charge in [0.05, 0.1) is 17.8 Å². The first kappa shape index (κ1) is 23.1. The van der Waals surface area contributed by atoms with Crippen molar-refractivity contribution in [2.45, 2.75) is 31.4 Å². The maximum atomic E-state index is 13.4. The van der Waals surface area contributed by atoms with E-state index >= 15 is 0 Å². The average Bonchev–Trinajstić information content (AvgIpc) is 2.87. The van der Waals surface area contributed by atoms with Crippen LogP contribution in [0.15, 0.2) is 71.9 Å². The molecular formula is C27H23N5O4S. The molecule has 6 bridgehead atoms. The standard InChI is InChI=1S/C27H23N5O4S/c1-16-6-5-7-17(2)25(16)22-11-24-30-27(29-22)31-37(34,35)20-10-19(12-28-13-20)26(33)32-14-18-8-3-4-9-21(18)23(15-32)36-24/h3-13,23H,14-15H2,1-2H3,(H,29,30,31)/t23-/m0/s1. The van der Waals surface area contributed by atoms with Gasteiger partial charge >= 0.3 is 0 Å². The molecule has 0 saturated heterocycles. The number of aromatic nitrogens is 3. The van der Waals surface area contributed by atoms with Crippen LogP contribution in [0.5, 0.6) is 5.88 Å². The molecule has 37 heavy (non-hydrogen) atoms. The summed E-state index contributed by atoms with van der Waals surface area (Å²) in [4.78, 5) is 27.9. The number of benzene rings is 2. The number of hydrogen-bond acceptors (Lipinski definition) is 7. The lowest BCUT2D eigenvalue weighted by atomic mass is 9.96. The molecule has 2 aromatic heterocycles. The number of rotatable bonds is 1. The number of anilines is 1. The first-order valence-electron chi connectivity index (χ1n) is 11.8. The monoisotopic (exact) mass is 513 g/mol. The first-order chi connectivity index (χ1) is 17.8. The van der Waals surface area contributed by atoms with Crippen LogP contribution in [0.4, 0.5) is 5.95 Å². The van der Waals surface area contributed by atoms with E-state index in [-0.39, 0.29) is 34.7 Å². The maximum Gasteiger partial charge on any atom is 0.265 e. The van der Waals surface area contributed by atoms with E-state index in [9.17, 15) is 13.2 Å². The van der Waals surface area contributed by atoms with Crippen molar-refractivity contribution in [2.24, 2.45) is 0 Å². The van der Waals surface area contributed by atoms with Gasteiger partial charge in [-0.25, -0.2) is 18.1 Å².